The van der Waals surface area contributed by atoms with Gasteiger partial charge in [0.25, 0.3) is 0 Å². The zero-order chi connectivity index (χ0) is 36.1. The van der Waals surface area contributed by atoms with E-state index in [1.165, 1.54) is 16.1 Å². The lowest BCUT2D eigenvalue weighted by molar-refractivity contribution is -0.177. The number of nitrogens with zero attached hydrogens (tertiary/aromatic N) is 3. The Hall–Kier alpha value is -2.21. The van der Waals surface area contributed by atoms with Crippen molar-refractivity contribution in [2.75, 3.05) is 31.2 Å². The van der Waals surface area contributed by atoms with Crippen LogP contribution in [0.2, 0.25) is 23.2 Å². The average Bonchev–Trinajstić information content (AvgIpc) is 3.62. The van der Waals surface area contributed by atoms with Crippen LogP contribution in [0.3, 0.4) is 0 Å². The molecule has 3 atom stereocenters. The van der Waals surface area contributed by atoms with Gasteiger partial charge in [0, 0.05) is 58.6 Å². The standard InChI is InChI=1S/C39H56ClN3O5SSi/c1-37(2,3)48-36(44)43-23-28(22-39(43,7)25-46-33-14-10-11-18-45-33)42-17-12-13-26-19-27(40)20-31(34(26)42)30-15-16-41-32-21-29(49-35(30)32)24-47-50(8,9)38(4,5)6/h15-16,19-21,28,33H,10-14,17-18,22-25H2,1-9H3/t28-,33?,39+/m0/s1. The van der Waals surface area contributed by atoms with Gasteiger partial charge in [-0.1, -0.05) is 32.4 Å². The van der Waals surface area contributed by atoms with Gasteiger partial charge in [-0.2, -0.15) is 0 Å². The minimum Gasteiger partial charge on any atom is -0.444 e. The Morgan fingerprint density at radius 3 is 2.60 bits per heavy atom. The molecule has 8 nitrogen and oxygen atoms in total. The lowest BCUT2D eigenvalue weighted by atomic mass is 9.91. The largest absolute Gasteiger partial charge is 0.444 e. The molecule has 3 aromatic rings. The molecule has 1 aromatic carbocycles. The molecule has 0 spiro atoms. The number of amides is 1. The fourth-order valence-corrected chi connectivity index (χ4v) is 9.58. The lowest BCUT2D eigenvalue weighted by Gasteiger charge is -2.38. The van der Waals surface area contributed by atoms with E-state index in [0.29, 0.717) is 26.4 Å². The Morgan fingerprint density at radius 1 is 1.12 bits per heavy atom. The van der Waals surface area contributed by atoms with E-state index in [1.54, 1.807) is 11.3 Å². The molecule has 0 N–H and O–H groups in total. The van der Waals surface area contributed by atoms with Gasteiger partial charge in [-0.05, 0) is 114 Å². The summed E-state index contributed by atoms with van der Waals surface area (Å²) >= 11 is 8.65. The smallest absolute Gasteiger partial charge is 0.410 e. The molecular weight excluding hydrogens is 686 g/mol. The fraction of sp³-hybridized carbons (Fsp3) is 0.641. The van der Waals surface area contributed by atoms with Gasteiger partial charge in [0.1, 0.15) is 5.60 Å². The molecular formula is C39H56ClN3O5SSi. The summed E-state index contributed by atoms with van der Waals surface area (Å²) in [4.78, 5) is 24.2. The van der Waals surface area contributed by atoms with E-state index in [-0.39, 0.29) is 23.5 Å². The summed E-state index contributed by atoms with van der Waals surface area (Å²) < 4.78 is 26.0. The van der Waals surface area contributed by atoms with Gasteiger partial charge >= 0.3 is 6.09 Å². The maximum absolute atomic E-state index is 13.8. The highest BCUT2D eigenvalue weighted by atomic mass is 35.5. The van der Waals surface area contributed by atoms with Crippen molar-refractivity contribution in [2.45, 2.75) is 135 Å². The molecule has 0 saturated carbocycles. The Kier molecular flexibility index (Phi) is 10.7. The number of hydrogen-bond acceptors (Lipinski definition) is 8. The van der Waals surface area contributed by atoms with Crippen LogP contribution in [-0.4, -0.2) is 74.1 Å². The zero-order valence-corrected chi connectivity index (χ0v) is 34.1. The van der Waals surface area contributed by atoms with Gasteiger partial charge in [-0.3, -0.25) is 9.88 Å². The fourth-order valence-electron chi connectivity index (χ4n) is 7.23. The molecule has 1 amide bonds. The van der Waals surface area contributed by atoms with Gasteiger partial charge < -0.3 is 23.5 Å². The van der Waals surface area contributed by atoms with Crippen LogP contribution in [0, 0.1) is 0 Å². The molecule has 274 valence electrons. The summed E-state index contributed by atoms with van der Waals surface area (Å²) in [6.45, 7) is 22.4. The molecule has 6 rings (SSSR count). The number of anilines is 1. The van der Waals surface area contributed by atoms with Crippen LogP contribution < -0.4 is 4.90 Å². The van der Waals surface area contributed by atoms with Crippen molar-refractivity contribution in [3.8, 4) is 11.1 Å². The highest BCUT2D eigenvalue weighted by Crippen LogP contribution is 2.47. The van der Waals surface area contributed by atoms with Gasteiger partial charge in [-0.15, -0.1) is 11.3 Å². The number of carbonyl (C=O) groups excluding carboxylic acids is 1. The number of thiophene rings is 1. The van der Waals surface area contributed by atoms with E-state index in [1.807, 2.05) is 31.9 Å². The van der Waals surface area contributed by atoms with E-state index in [4.69, 9.17) is 35.2 Å². The predicted molar refractivity (Wildman–Crippen MR) is 207 cm³/mol. The number of likely N-dealkylation sites (tertiary alicyclic amines) is 1. The van der Waals surface area contributed by atoms with Crippen molar-refractivity contribution in [3.05, 3.63) is 45.9 Å². The normalized spacial score (nSPS) is 23.4. The summed E-state index contributed by atoms with van der Waals surface area (Å²) in [5.41, 5.74) is 4.50. The average molecular weight is 742 g/mol. The SMILES string of the molecule is CC(C)(C)OC(=O)N1C[C@@H](N2CCCc3cc(Cl)cc(-c4ccnc5cc(CO[Si](C)(C)C(C)(C)C)sc45)c32)C[C@]1(C)COC1CCCCO1. The minimum atomic E-state index is -1.91. The van der Waals surface area contributed by atoms with E-state index >= 15 is 0 Å². The first-order chi connectivity index (χ1) is 23.4. The third-order valence-electron chi connectivity index (χ3n) is 10.9. The van der Waals surface area contributed by atoms with Crippen molar-refractivity contribution in [3.63, 3.8) is 0 Å². The second-order valence-electron chi connectivity index (χ2n) is 17.1. The highest BCUT2D eigenvalue weighted by molar-refractivity contribution is 7.19. The molecule has 0 bridgehead atoms. The molecule has 0 aliphatic carbocycles. The highest BCUT2D eigenvalue weighted by Gasteiger charge is 2.49. The Morgan fingerprint density at radius 2 is 1.90 bits per heavy atom. The van der Waals surface area contributed by atoms with Crippen LogP contribution in [0.1, 0.15) is 91.0 Å². The molecule has 11 heteroatoms. The van der Waals surface area contributed by atoms with Crippen molar-refractivity contribution < 1.29 is 23.4 Å². The lowest BCUT2D eigenvalue weighted by Crippen LogP contribution is -2.50. The van der Waals surface area contributed by atoms with Crippen LogP contribution >= 0.6 is 22.9 Å². The molecule has 5 heterocycles. The zero-order valence-electron chi connectivity index (χ0n) is 31.5. The maximum atomic E-state index is 13.8. The first-order valence-corrected chi connectivity index (χ1v) is 22.4. The predicted octanol–water partition coefficient (Wildman–Crippen LogP) is 10.2. The summed E-state index contributed by atoms with van der Waals surface area (Å²) in [7, 11) is -1.91. The quantitative estimate of drug-likeness (QED) is 0.213. The van der Waals surface area contributed by atoms with E-state index in [2.05, 4.69) is 70.0 Å². The Balaban J connectivity index is 1.34. The Labute approximate surface area is 308 Å². The van der Waals surface area contributed by atoms with Crippen molar-refractivity contribution in [2.24, 2.45) is 0 Å². The van der Waals surface area contributed by atoms with Crippen molar-refractivity contribution >= 4 is 53.3 Å². The van der Waals surface area contributed by atoms with Gasteiger partial charge in [-0.25, -0.2) is 4.79 Å². The van der Waals surface area contributed by atoms with Gasteiger partial charge in [0.2, 0.25) is 0 Å². The van der Waals surface area contributed by atoms with Crippen LogP contribution in [0.4, 0.5) is 10.5 Å². The second-order valence-corrected chi connectivity index (χ2v) is 23.5. The van der Waals surface area contributed by atoms with Crippen LogP contribution in [0.25, 0.3) is 21.3 Å². The first-order valence-electron chi connectivity index (χ1n) is 18.3. The minimum absolute atomic E-state index is 0.0663. The summed E-state index contributed by atoms with van der Waals surface area (Å²) in [5, 5.41) is 0.873. The topological polar surface area (TPSA) is 73.4 Å². The van der Waals surface area contributed by atoms with Crippen molar-refractivity contribution in [1.29, 1.82) is 0 Å². The second kappa shape index (κ2) is 14.3. The van der Waals surface area contributed by atoms with E-state index in [0.717, 1.165) is 71.4 Å². The molecule has 1 unspecified atom stereocenters. The summed E-state index contributed by atoms with van der Waals surface area (Å²) in [6, 6.07) is 8.61. The summed E-state index contributed by atoms with van der Waals surface area (Å²) in [5.74, 6) is 0. The molecule has 2 fully saturated rings. The van der Waals surface area contributed by atoms with Gasteiger partial charge in [0.15, 0.2) is 14.6 Å². The molecule has 3 aliphatic heterocycles. The number of aromatic nitrogens is 1. The number of hydrogen-bond donors (Lipinski definition) is 0. The third kappa shape index (κ3) is 8.05. The van der Waals surface area contributed by atoms with Crippen LogP contribution in [0.15, 0.2) is 30.5 Å². The molecule has 0 radical (unpaired) electrons. The number of carbonyl (C=O) groups is 1. The maximum Gasteiger partial charge on any atom is 0.410 e. The number of rotatable bonds is 8. The van der Waals surface area contributed by atoms with Crippen LogP contribution in [-0.2, 0) is 31.7 Å². The number of halogens is 1. The van der Waals surface area contributed by atoms with E-state index in [9.17, 15) is 4.79 Å². The Bertz CT molecular complexity index is 1700. The number of aryl methyl sites for hydroxylation is 1. The molecule has 2 aromatic heterocycles. The first kappa shape index (κ1) is 37.5. The number of fused-ring (bicyclic) bond motifs is 2. The van der Waals surface area contributed by atoms with Crippen molar-refractivity contribution in [1.82, 2.24) is 9.88 Å². The molecule has 2 saturated heterocycles. The monoisotopic (exact) mass is 741 g/mol. The number of benzene rings is 1. The van der Waals surface area contributed by atoms with E-state index < -0.39 is 19.5 Å². The molecule has 50 heavy (non-hydrogen) atoms. The summed E-state index contributed by atoms with van der Waals surface area (Å²) in [6.07, 6.45) is 7.11. The van der Waals surface area contributed by atoms with Gasteiger partial charge in [0.05, 0.1) is 29.0 Å². The number of pyridine rings is 1. The molecule has 3 aliphatic rings. The third-order valence-corrected chi connectivity index (χ3v) is 16.7. The van der Waals surface area contributed by atoms with Crippen LogP contribution in [0.5, 0.6) is 0 Å². The number of ether oxygens (including phenoxy) is 3.